The number of aromatic nitrogens is 2. The van der Waals surface area contributed by atoms with Crippen LogP contribution in [-0.4, -0.2) is 39.8 Å². The van der Waals surface area contributed by atoms with Crippen LogP contribution in [0.1, 0.15) is 0 Å². The van der Waals surface area contributed by atoms with Crippen molar-refractivity contribution in [1.29, 1.82) is 0 Å². The van der Waals surface area contributed by atoms with Crippen molar-refractivity contribution in [1.82, 2.24) is 9.97 Å². The lowest BCUT2D eigenvalue weighted by Crippen LogP contribution is -2.11. The van der Waals surface area contributed by atoms with E-state index >= 15 is 0 Å². The van der Waals surface area contributed by atoms with Crippen LogP contribution in [0.4, 0.5) is 11.8 Å². The topological polar surface area (TPSA) is 66.9 Å². The molecule has 2 aromatic heterocycles. The molecule has 0 spiro atoms. The zero-order valence-corrected chi connectivity index (χ0v) is 11.3. The first-order valence-corrected chi connectivity index (χ1v) is 7.78. The first kappa shape index (κ1) is 12.3. The molecule has 2 aromatic rings. The van der Waals surface area contributed by atoms with Gasteiger partial charge < -0.3 is 10.6 Å². The van der Waals surface area contributed by atoms with Gasteiger partial charge >= 0.3 is 0 Å². The molecule has 0 aliphatic heterocycles. The van der Waals surface area contributed by atoms with Gasteiger partial charge in [-0.2, -0.15) is 4.98 Å². The maximum atomic E-state index is 11.0. The Hall–Kier alpha value is -1.21. The first-order valence-electron chi connectivity index (χ1n) is 5.17. The van der Waals surface area contributed by atoms with Gasteiger partial charge in [0.1, 0.15) is 10.6 Å². The molecule has 0 radical (unpaired) electrons. The molecule has 1 atom stereocenters. The number of nitrogens with zero attached hydrogens (tertiary/aromatic N) is 2. The fraction of sp³-hybridized carbons (Fsp3) is 0.400. The van der Waals surface area contributed by atoms with Crippen LogP contribution >= 0.6 is 11.3 Å². The highest BCUT2D eigenvalue weighted by Crippen LogP contribution is 2.26. The van der Waals surface area contributed by atoms with Gasteiger partial charge in [0.25, 0.3) is 0 Å². The van der Waals surface area contributed by atoms with E-state index in [2.05, 4.69) is 20.6 Å². The van der Waals surface area contributed by atoms with Gasteiger partial charge in [-0.05, 0) is 11.4 Å². The molecule has 0 saturated heterocycles. The van der Waals surface area contributed by atoms with Crippen molar-refractivity contribution >= 4 is 44.1 Å². The average Bonchev–Trinajstić information content (AvgIpc) is 2.76. The Labute approximate surface area is 106 Å². The summed E-state index contributed by atoms with van der Waals surface area (Å²) in [6, 6.07) is 1.99. The Morgan fingerprint density at radius 2 is 2.29 bits per heavy atom. The molecule has 1 unspecified atom stereocenters. The van der Waals surface area contributed by atoms with E-state index in [0.29, 0.717) is 18.2 Å². The fourth-order valence-electron chi connectivity index (χ4n) is 1.42. The SMILES string of the molecule is CNc1nc(NCCS(C)=O)c2ccsc2n1. The number of fused-ring (bicyclic) bond motifs is 1. The molecule has 92 valence electrons. The number of hydrogen-bond acceptors (Lipinski definition) is 6. The highest BCUT2D eigenvalue weighted by atomic mass is 32.2. The van der Waals surface area contributed by atoms with Gasteiger partial charge in [0.05, 0.1) is 5.39 Å². The third-order valence-corrected chi connectivity index (χ3v) is 3.82. The van der Waals surface area contributed by atoms with Gasteiger partial charge in [-0.1, -0.05) is 0 Å². The minimum absolute atomic E-state index is 0.597. The Bertz CT molecular complexity index is 540. The van der Waals surface area contributed by atoms with Gasteiger partial charge in [0, 0.05) is 36.4 Å². The molecule has 0 aromatic carbocycles. The lowest BCUT2D eigenvalue weighted by Gasteiger charge is -2.07. The van der Waals surface area contributed by atoms with Crippen molar-refractivity contribution in [3.8, 4) is 0 Å². The third-order valence-electron chi connectivity index (χ3n) is 2.23. The van der Waals surface area contributed by atoms with Crippen LogP contribution in [-0.2, 0) is 10.8 Å². The molecule has 7 heteroatoms. The van der Waals surface area contributed by atoms with Crippen molar-refractivity contribution in [3.05, 3.63) is 11.4 Å². The maximum absolute atomic E-state index is 11.0. The van der Waals surface area contributed by atoms with Crippen LogP contribution in [0.3, 0.4) is 0 Å². The summed E-state index contributed by atoms with van der Waals surface area (Å²) in [7, 11) is 1.00. The first-order chi connectivity index (χ1) is 8.20. The molecule has 0 aliphatic rings. The summed E-state index contributed by atoms with van der Waals surface area (Å²) in [5.41, 5.74) is 0. The smallest absolute Gasteiger partial charge is 0.225 e. The second kappa shape index (κ2) is 5.42. The number of anilines is 2. The standard InChI is InChI=1S/C10H14N4OS2/c1-11-10-13-8(12-4-6-17(2)15)7-3-5-16-9(7)14-10/h3,5H,4,6H2,1-2H3,(H2,11,12,13,14). The largest absolute Gasteiger partial charge is 0.368 e. The van der Waals surface area contributed by atoms with Gasteiger partial charge in [0.2, 0.25) is 5.95 Å². The van der Waals surface area contributed by atoms with Crippen molar-refractivity contribution in [2.75, 3.05) is 36.2 Å². The zero-order chi connectivity index (χ0) is 12.3. The van der Waals surface area contributed by atoms with Crippen LogP contribution in [0.15, 0.2) is 11.4 Å². The van der Waals surface area contributed by atoms with Crippen LogP contribution in [0.5, 0.6) is 0 Å². The molecule has 17 heavy (non-hydrogen) atoms. The van der Waals surface area contributed by atoms with Crippen LogP contribution in [0, 0.1) is 0 Å². The summed E-state index contributed by atoms with van der Waals surface area (Å²) >= 11 is 1.58. The van der Waals surface area contributed by atoms with Crippen LogP contribution in [0.2, 0.25) is 0 Å². The number of thiophene rings is 1. The molecule has 2 N–H and O–H groups in total. The Morgan fingerprint density at radius 3 is 3.00 bits per heavy atom. The average molecular weight is 270 g/mol. The highest BCUT2D eigenvalue weighted by Gasteiger charge is 2.07. The summed E-state index contributed by atoms with van der Waals surface area (Å²) in [5, 5.41) is 9.13. The summed E-state index contributed by atoms with van der Waals surface area (Å²) in [6.07, 6.45) is 1.70. The number of rotatable bonds is 5. The Balaban J connectivity index is 2.24. The predicted molar refractivity (Wildman–Crippen MR) is 74.4 cm³/mol. The monoisotopic (exact) mass is 270 g/mol. The van der Waals surface area contributed by atoms with Crippen LogP contribution in [0.25, 0.3) is 10.2 Å². The minimum atomic E-state index is -0.789. The second-order valence-electron chi connectivity index (χ2n) is 3.49. The number of hydrogen-bond donors (Lipinski definition) is 2. The van der Waals surface area contributed by atoms with E-state index in [4.69, 9.17) is 0 Å². The maximum Gasteiger partial charge on any atom is 0.225 e. The Kier molecular flexibility index (Phi) is 3.90. The lowest BCUT2D eigenvalue weighted by molar-refractivity contribution is 0.687. The van der Waals surface area contributed by atoms with E-state index in [-0.39, 0.29) is 0 Å². The third kappa shape index (κ3) is 2.92. The van der Waals surface area contributed by atoms with E-state index in [1.807, 2.05) is 11.4 Å². The molecule has 0 amide bonds. The van der Waals surface area contributed by atoms with E-state index in [1.54, 1.807) is 24.6 Å². The van der Waals surface area contributed by atoms with Gasteiger partial charge in [0.15, 0.2) is 0 Å². The van der Waals surface area contributed by atoms with Crippen molar-refractivity contribution in [2.24, 2.45) is 0 Å². The number of nitrogens with one attached hydrogen (secondary N) is 2. The summed E-state index contributed by atoms with van der Waals surface area (Å²) in [6.45, 7) is 0.647. The molecule has 2 rings (SSSR count). The fourth-order valence-corrected chi connectivity index (χ4v) is 2.57. The molecular formula is C10H14N4OS2. The van der Waals surface area contributed by atoms with Gasteiger partial charge in [-0.3, -0.25) is 4.21 Å². The predicted octanol–water partition coefficient (Wildman–Crippen LogP) is 1.52. The second-order valence-corrected chi connectivity index (χ2v) is 5.94. The van der Waals surface area contributed by atoms with Gasteiger partial charge in [-0.15, -0.1) is 11.3 Å². The van der Waals surface area contributed by atoms with E-state index < -0.39 is 10.8 Å². The molecule has 0 saturated carbocycles. The molecular weight excluding hydrogens is 256 g/mol. The zero-order valence-electron chi connectivity index (χ0n) is 9.69. The van der Waals surface area contributed by atoms with Crippen molar-refractivity contribution < 1.29 is 4.21 Å². The lowest BCUT2D eigenvalue weighted by atomic mass is 10.4. The highest BCUT2D eigenvalue weighted by molar-refractivity contribution is 7.84. The Morgan fingerprint density at radius 1 is 1.47 bits per heavy atom. The molecule has 5 nitrogen and oxygen atoms in total. The van der Waals surface area contributed by atoms with Crippen molar-refractivity contribution in [3.63, 3.8) is 0 Å². The molecule has 0 bridgehead atoms. The summed E-state index contributed by atoms with van der Waals surface area (Å²) < 4.78 is 11.0. The normalized spacial score (nSPS) is 12.6. The van der Waals surface area contributed by atoms with E-state index in [1.165, 1.54) is 0 Å². The minimum Gasteiger partial charge on any atom is -0.368 e. The van der Waals surface area contributed by atoms with Crippen LogP contribution < -0.4 is 10.6 Å². The summed E-state index contributed by atoms with van der Waals surface area (Å²) in [5.74, 6) is 2.01. The van der Waals surface area contributed by atoms with E-state index in [9.17, 15) is 4.21 Å². The summed E-state index contributed by atoms with van der Waals surface area (Å²) in [4.78, 5) is 9.67. The quantitative estimate of drug-likeness (QED) is 0.862. The van der Waals surface area contributed by atoms with Gasteiger partial charge in [-0.25, -0.2) is 4.98 Å². The van der Waals surface area contributed by atoms with E-state index in [0.717, 1.165) is 16.0 Å². The van der Waals surface area contributed by atoms with Crippen molar-refractivity contribution in [2.45, 2.75) is 0 Å². The molecule has 2 heterocycles. The molecule has 0 aliphatic carbocycles. The molecule has 0 fully saturated rings.